The summed E-state index contributed by atoms with van der Waals surface area (Å²) in [5, 5.41) is 10.1. The number of hydrogen-bond acceptors (Lipinski definition) is 4. The van der Waals surface area contributed by atoms with Gasteiger partial charge in [-0.25, -0.2) is 4.79 Å². The Morgan fingerprint density at radius 3 is 2.43 bits per heavy atom. The first kappa shape index (κ1) is 15.6. The smallest absolute Gasteiger partial charge is 0.412 e. The van der Waals surface area contributed by atoms with Gasteiger partial charge in [-0.1, -0.05) is 12.1 Å². The van der Waals surface area contributed by atoms with Gasteiger partial charge >= 0.3 is 6.09 Å². The van der Waals surface area contributed by atoms with E-state index in [4.69, 9.17) is 9.47 Å². The van der Waals surface area contributed by atoms with Crippen molar-refractivity contribution in [3.63, 3.8) is 0 Å². The fourth-order valence-electron chi connectivity index (χ4n) is 2.45. The van der Waals surface area contributed by atoms with E-state index in [1.807, 2.05) is 45.0 Å². The normalized spacial score (nSPS) is 22.2. The number of ether oxygens (including phenoxy) is 2. The molecule has 5 nitrogen and oxygen atoms in total. The van der Waals surface area contributed by atoms with Crippen LogP contribution in [-0.2, 0) is 4.74 Å². The fraction of sp³-hybridized carbons (Fsp3) is 0.562. The summed E-state index contributed by atoms with van der Waals surface area (Å²) in [7, 11) is 1.62. The summed E-state index contributed by atoms with van der Waals surface area (Å²) in [6, 6.07) is 7.71. The molecule has 2 rings (SSSR count). The van der Waals surface area contributed by atoms with Gasteiger partial charge in [0.1, 0.15) is 17.6 Å². The predicted molar refractivity (Wildman–Crippen MR) is 79.3 cm³/mol. The van der Waals surface area contributed by atoms with Gasteiger partial charge in [0.05, 0.1) is 7.11 Å². The molecule has 116 valence electrons. The molecule has 0 radical (unpaired) electrons. The van der Waals surface area contributed by atoms with Crippen LogP contribution in [0.3, 0.4) is 0 Å². The maximum Gasteiger partial charge on any atom is 0.412 e. The second kappa shape index (κ2) is 5.93. The Kier molecular flexibility index (Phi) is 4.42. The monoisotopic (exact) mass is 293 g/mol. The van der Waals surface area contributed by atoms with Crippen molar-refractivity contribution < 1.29 is 19.4 Å². The van der Waals surface area contributed by atoms with Crippen molar-refractivity contribution >= 4 is 6.09 Å². The number of methoxy groups -OCH3 is 1. The molecule has 0 spiro atoms. The van der Waals surface area contributed by atoms with Crippen LogP contribution < -0.4 is 4.74 Å². The number of hydrogen-bond donors (Lipinski definition) is 1. The van der Waals surface area contributed by atoms with Crippen molar-refractivity contribution in [3.8, 4) is 5.75 Å². The lowest BCUT2D eigenvalue weighted by Gasteiger charge is -2.26. The van der Waals surface area contributed by atoms with Gasteiger partial charge < -0.3 is 14.6 Å². The highest BCUT2D eigenvalue weighted by atomic mass is 16.6. The van der Waals surface area contributed by atoms with E-state index < -0.39 is 17.9 Å². The van der Waals surface area contributed by atoms with Crippen LogP contribution in [0.15, 0.2) is 24.3 Å². The molecule has 1 N–H and O–H groups in total. The topological polar surface area (TPSA) is 59.0 Å². The zero-order valence-corrected chi connectivity index (χ0v) is 13.0. The third kappa shape index (κ3) is 3.88. The van der Waals surface area contributed by atoms with Crippen molar-refractivity contribution in [1.82, 2.24) is 4.90 Å². The molecule has 2 atom stereocenters. The second-order valence-electron chi connectivity index (χ2n) is 6.32. The Labute approximate surface area is 125 Å². The van der Waals surface area contributed by atoms with Crippen molar-refractivity contribution in [1.29, 1.82) is 0 Å². The van der Waals surface area contributed by atoms with Gasteiger partial charge in [-0.05, 0) is 38.5 Å². The molecule has 1 amide bonds. The third-order valence-electron chi connectivity index (χ3n) is 3.49. The molecular weight excluding hydrogens is 270 g/mol. The summed E-state index contributed by atoms with van der Waals surface area (Å²) < 4.78 is 10.5. The van der Waals surface area contributed by atoms with Crippen LogP contribution in [0.2, 0.25) is 0 Å². The van der Waals surface area contributed by atoms with E-state index in [0.29, 0.717) is 13.0 Å². The number of rotatable bonds is 2. The number of benzene rings is 1. The van der Waals surface area contributed by atoms with E-state index in [9.17, 15) is 9.90 Å². The van der Waals surface area contributed by atoms with E-state index in [0.717, 1.165) is 11.3 Å². The first-order valence-electron chi connectivity index (χ1n) is 7.12. The lowest BCUT2D eigenvalue weighted by Crippen LogP contribution is -2.39. The minimum atomic E-state index is -0.799. The first-order valence-corrected chi connectivity index (χ1v) is 7.12. The van der Waals surface area contributed by atoms with Crippen LogP contribution in [0, 0.1) is 0 Å². The van der Waals surface area contributed by atoms with Gasteiger partial charge in [0.25, 0.3) is 0 Å². The summed E-state index contributed by atoms with van der Waals surface area (Å²) in [6.07, 6.45) is -0.746. The fourth-order valence-corrected chi connectivity index (χ4v) is 2.45. The standard InChI is InChI=1S/C16H23NO4/c1-16(2,3)21-15(19)17-10-12(9-14(17)18)11-5-7-13(20-4)8-6-11/h5-8,12,14,18H,9-10H2,1-4H3. The zero-order valence-electron chi connectivity index (χ0n) is 13.0. The molecule has 1 aromatic rings. The number of likely N-dealkylation sites (tertiary alicyclic amines) is 1. The van der Waals surface area contributed by atoms with Crippen molar-refractivity contribution in [2.75, 3.05) is 13.7 Å². The van der Waals surface area contributed by atoms with Crippen LogP contribution in [0.25, 0.3) is 0 Å². The average molecular weight is 293 g/mol. The van der Waals surface area contributed by atoms with E-state index in [1.165, 1.54) is 4.90 Å². The molecule has 0 aliphatic carbocycles. The molecule has 0 saturated carbocycles. The molecule has 1 aliphatic rings. The number of carbonyl (C=O) groups excluding carboxylic acids is 1. The van der Waals surface area contributed by atoms with Crippen LogP contribution >= 0.6 is 0 Å². The van der Waals surface area contributed by atoms with Gasteiger partial charge in [-0.3, -0.25) is 4.90 Å². The Bertz CT molecular complexity index is 492. The van der Waals surface area contributed by atoms with E-state index in [2.05, 4.69) is 0 Å². The van der Waals surface area contributed by atoms with E-state index in [-0.39, 0.29) is 5.92 Å². The molecule has 2 unspecified atom stereocenters. The highest BCUT2D eigenvalue weighted by molar-refractivity contribution is 5.69. The molecule has 21 heavy (non-hydrogen) atoms. The maximum absolute atomic E-state index is 12.1. The minimum Gasteiger partial charge on any atom is -0.497 e. The number of amides is 1. The quantitative estimate of drug-likeness (QED) is 0.911. The highest BCUT2D eigenvalue weighted by Gasteiger charge is 2.37. The molecule has 1 heterocycles. The van der Waals surface area contributed by atoms with E-state index >= 15 is 0 Å². The molecule has 1 aromatic carbocycles. The van der Waals surface area contributed by atoms with Crippen LogP contribution in [0.4, 0.5) is 4.79 Å². The van der Waals surface area contributed by atoms with Gasteiger partial charge in [0.2, 0.25) is 0 Å². The number of aliphatic hydroxyl groups excluding tert-OH is 1. The highest BCUT2D eigenvalue weighted by Crippen LogP contribution is 2.32. The van der Waals surface area contributed by atoms with Crippen molar-refractivity contribution in [3.05, 3.63) is 29.8 Å². The largest absolute Gasteiger partial charge is 0.497 e. The first-order chi connectivity index (χ1) is 9.80. The van der Waals surface area contributed by atoms with Crippen LogP contribution in [-0.4, -0.2) is 41.6 Å². The number of carbonyl (C=O) groups is 1. The lowest BCUT2D eigenvalue weighted by atomic mass is 9.98. The second-order valence-corrected chi connectivity index (χ2v) is 6.32. The minimum absolute atomic E-state index is 0.110. The van der Waals surface area contributed by atoms with Gasteiger partial charge in [-0.2, -0.15) is 0 Å². The Hall–Kier alpha value is -1.75. The molecule has 0 bridgehead atoms. The molecule has 0 aromatic heterocycles. The summed E-state index contributed by atoms with van der Waals surface area (Å²) >= 11 is 0. The Morgan fingerprint density at radius 1 is 1.29 bits per heavy atom. The molecule has 1 fully saturated rings. The van der Waals surface area contributed by atoms with Crippen molar-refractivity contribution in [2.45, 2.75) is 44.9 Å². The van der Waals surface area contributed by atoms with Gasteiger partial charge in [-0.15, -0.1) is 0 Å². The number of nitrogens with zero attached hydrogens (tertiary/aromatic N) is 1. The average Bonchev–Trinajstić information content (AvgIpc) is 2.79. The summed E-state index contributed by atoms with van der Waals surface area (Å²) in [5.74, 6) is 0.903. The predicted octanol–water partition coefficient (Wildman–Crippen LogP) is 2.74. The summed E-state index contributed by atoms with van der Waals surface area (Å²) in [4.78, 5) is 13.5. The summed E-state index contributed by atoms with van der Waals surface area (Å²) in [6.45, 7) is 5.90. The SMILES string of the molecule is COc1ccc(C2CC(O)N(C(=O)OC(C)(C)C)C2)cc1. The zero-order chi connectivity index (χ0) is 15.6. The maximum atomic E-state index is 12.1. The molecular formula is C16H23NO4. The third-order valence-corrected chi connectivity index (χ3v) is 3.49. The van der Waals surface area contributed by atoms with Gasteiger partial charge in [0.15, 0.2) is 0 Å². The lowest BCUT2D eigenvalue weighted by molar-refractivity contribution is -0.0128. The summed E-state index contributed by atoms with van der Waals surface area (Å²) in [5.41, 5.74) is 0.524. The molecule has 1 saturated heterocycles. The Balaban J connectivity index is 2.04. The van der Waals surface area contributed by atoms with Crippen LogP contribution in [0.5, 0.6) is 5.75 Å². The number of aliphatic hydroxyl groups is 1. The molecule has 5 heteroatoms. The molecule has 1 aliphatic heterocycles. The van der Waals surface area contributed by atoms with Crippen molar-refractivity contribution in [2.24, 2.45) is 0 Å². The van der Waals surface area contributed by atoms with Crippen LogP contribution in [0.1, 0.15) is 38.7 Å². The Morgan fingerprint density at radius 2 is 1.90 bits per heavy atom. The van der Waals surface area contributed by atoms with E-state index in [1.54, 1.807) is 7.11 Å². The van der Waals surface area contributed by atoms with Gasteiger partial charge in [0, 0.05) is 18.9 Å².